The zero-order chi connectivity index (χ0) is 20.4. The van der Waals surface area contributed by atoms with Gasteiger partial charge in [-0.25, -0.2) is 0 Å². The first-order valence-corrected chi connectivity index (χ1v) is 14.4. The van der Waals surface area contributed by atoms with Crippen molar-refractivity contribution in [2.24, 2.45) is 0 Å². The van der Waals surface area contributed by atoms with Crippen molar-refractivity contribution in [2.45, 2.75) is 136 Å². The van der Waals surface area contributed by atoms with Crippen LogP contribution in [-0.4, -0.2) is 30.7 Å². The van der Waals surface area contributed by atoms with Crippen LogP contribution in [0.15, 0.2) is 0 Å². The van der Waals surface area contributed by atoms with Crippen LogP contribution in [0, 0.1) is 0 Å². The van der Waals surface area contributed by atoms with Crippen molar-refractivity contribution >= 4 is 7.92 Å². The Kier molecular flexibility index (Phi) is 31.3. The highest BCUT2D eigenvalue weighted by atomic mass is 31.1. The number of unbranched alkanes of at least 4 members (excludes halogenated alkanes) is 15. The Hall–Kier alpha value is 0.390. The maximum Gasteiger partial charge on any atom is 0.0319 e. The van der Waals surface area contributed by atoms with E-state index in [9.17, 15) is 0 Å². The second-order valence-electron chi connectivity index (χ2n) is 8.14. The van der Waals surface area contributed by atoms with E-state index in [4.69, 9.17) is 5.11 Å². The molecule has 0 aromatic rings. The van der Waals surface area contributed by atoms with E-state index >= 15 is 0 Å². The molecule has 0 rings (SSSR count). The Bertz CT molecular complexity index is 194. The molecule has 0 heterocycles. The molecule has 0 saturated heterocycles. The molecule has 0 radical (unpaired) electrons. The summed E-state index contributed by atoms with van der Waals surface area (Å²) in [6, 6.07) is 0. The minimum Gasteiger partial charge on any atom is -0.400 e. The fourth-order valence-electron chi connectivity index (χ4n) is 3.68. The van der Waals surface area contributed by atoms with E-state index in [1.54, 1.807) is 18.5 Å². The largest absolute Gasteiger partial charge is 0.400 e. The molecule has 166 valence electrons. The van der Waals surface area contributed by atoms with E-state index in [1.807, 2.05) is 0 Å². The normalized spacial score (nSPS) is 10.9. The molecule has 0 aliphatic rings. The molecule has 0 bridgehead atoms. The zero-order valence-electron chi connectivity index (χ0n) is 19.7. The molecule has 0 amide bonds. The van der Waals surface area contributed by atoms with Gasteiger partial charge in [-0.3, -0.25) is 0 Å². The summed E-state index contributed by atoms with van der Waals surface area (Å²) in [5.41, 5.74) is 0. The van der Waals surface area contributed by atoms with Crippen molar-refractivity contribution in [1.29, 1.82) is 0 Å². The molecule has 0 aliphatic heterocycles. The van der Waals surface area contributed by atoms with Gasteiger partial charge in [-0.2, -0.15) is 0 Å². The highest BCUT2D eigenvalue weighted by Gasteiger charge is 2.07. The lowest BCUT2D eigenvalue weighted by Gasteiger charge is -2.18. The van der Waals surface area contributed by atoms with Gasteiger partial charge in [0.2, 0.25) is 0 Å². The molecule has 0 aliphatic carbocycles. The van der Waals surface area contributed by atoms with Gasteiger partial charge in [-0.1, -0.05) is 117 Å². The van der Waals surface area contributed by atoms with E-state index in [1.165, 1.54) is 116 Å². The van der Waals surface area contributed by atoms with Crippen LogP contribution in [0.1, 0.15) is 136 Å². The Balaban J connectivity index is 0. The molecule has 0 fully saturated rings. The molecule has 0 aromatic carbocycles. The average molecular weight is 403 g/mol. The third kappa shape index (κ3) is 26.4. The van der Waals surface area contributed by atoms with Crippen LogP contribution in [0.2, 0.25) is 0 Å². The van der Waals surface area contributed by atoms with Crippen LogP contribution in [0.25, 0.3) is 0 Å². The summed E-state index contributed by atoms with van der Waals surface area (Å²) in [5, 5.41) is 7.00. The lowest BCUT2D eigenvalue weighted by Crippen LogP contribution is -1.97. The Morgan fingerprint density at radius 1 is 0.370 bits per heavy atom. The van der Waals surface area contributed by atoms with Gasteiger partial charge >= 0.3 is 0 Å². The molecular formula is C25H55OP. The molecule has 0 atom stereocenters. The second kappa shape index (κ2) is 28.6. The van der Waals surface area contributed by atoms with Gasteiger partial charge in [-0.05, 0) is 37.7 Å². The fraction of sp³-hybridized carbons (Fsp3) is 1.00. The molecule has 0 spiro atoms. The Morgan fingerprint density at radius 3 is 0.852 bits per heavy atom. The van der Waals surface area contributed by atoms with Crippen molar-refractivity contribution in [2.75, 3.05) is 25.6 Å². The average Bonchev–Trinajstić information content (AvgIpc) is 2.70. The van der Waals surface area contributed by atoms with Gasteiger partial charge in [0.25, 0.3) is 0 Å². The quantitative estimate of drug-likeness (QED) is 0.150. The summed E-state index contributed by atoms with van der Waals surface area (Å²) in [7, 11) is 1.37. The Morgan fingerprint density at radius 2 is 0.593 bits per heavy atom. The van der Waals surface area contributed by atoms with Crippen molar-refractivity contribution in [3.8, 4) is 0 Å². The fourth-order valence-corrected chi connectivity index (χ4v) is 6.37. The first-order chi connectivity index (χ1) is 13.3. The van der Waals surface area contributed by atoms with Crippen LogP contribution in [0.3, 0.4) is 0 Å². The third-order valence-electron chi connectivity index (χ3n) is 5.48. The van der Waals surface area contributed by atoms with E-state index in [0.717, 1.165) is 7.11 Å². The summed E-state index contributed by atoms with van der Waals surface area (Å²) in [4.78, 5) is 0. The Labute approximate surface area is 175 Å². The summed E-state index contributed by atoms with van der Waals surface area (Å²) < 4.78 is 0. The van der Waals surface area contributed by atoms with Crippen LogP contribution in [0.4, 0.5) is 0 Å². The van der Waals surface area contributed by atoms with Gasteiger partial charge in [0.1, 0.15) is 0 Å². The van der Waals surface area contributed by atoms with Crippen molar-refractivity contribution in [3.63, 3.8) is 0 Å². The summed E-state index contributed by atoms with van der Waals surface area (Å²) in [6.07, 6.45) is 31.2. The van der Waals surface area contributed by atoms with Crippen LogP contribution in [-0.2, 0) is 0 Å². The minimum absolute atomic E-state index is 0.366. The van der Waals surface area contributed by atoms with Crippen LogP contribution < -0.4 is 0 Å². The van der Waals surface area contributed by atoms with E-state index < -0.39 is 0 Å². The predicted molar refractivity (Wildman–Crippen MR) is 130 cm³/mol. The first kappa shape index (κ1) is 29.6. The van der Waals surface area contributed by atoms with Gasteiger partial charge in [-0.15, -0.1) is 7.92 Å². The van der Waals surface area contributed by atoms with Gasteiger partial charge in [0, 0.05) is 7.11 Å². The zero-order valence-corrected chi connectivity index (χ0v) is 20.6. The number of aliphatic hydroxyl groups excluding tert-OH is 1. The predicted octanol–water partition coefficient (Wildman–Crippen LogP) is 9.16. The lowest BCUT2D eigenvalue weighted by molar-refractivity contribution is 0.399. The second-order valence-corrected chi connectivity index (χ2v) is 10.8. The number of hydrogen-bond donors (Lipinski definition) is 1. The summed E-state index contributed by atoms with van der Waals surface area (Å²) >= 11 is 0. The van der Waals surface area contributed by atoms with E-state index in [-0.39, 0.29) is 0 Å². The molecule has 0 aromatic heterocycles. The maximum absolute atomic E-state index is 7.00. The summed E-state index contributed by atoms with van der Waals surface area (Å²) in [5.74, 6) is 0. The molecular weight excluding hydrogens is 347 g/mol. The monoisotopic (exact) mass is 402 g/mol. The van der Waals surface area contributed by atoms with Crippen molar-refractivity contribution in [3.05, 3.63) is 0 Å². The lowest BCUT2D eigenvalue weighted by atomic mass is 10.1. The van der Waals surface area contributed by atoms with E-state index in [0.29, 0.717) is 7.92 Å². The third-order valence-corrected chi connectivity index (χ3v) is 8.33. The van der Waals surface area contributed by atoms with Crippen molar-refractivity contribution in [1.82, 2.24) is 0 Å². The smallest absolute Gasteiger partial charge is 0.0319 e. The van der Waals surface area contributed by atoms with E-state index in [2.05, 4.69) is 20.8 Å². The highest BCUT2D eigenvalue weighted by Crippen LogP contribution is 2.39. The SMILES string of the molecule is CCCCCCCCP(CCCCCCCC)CCCCCCCC.CO. The maximum atomic E-state index is 7.00. The number of rotatable bonds is 21. The molecule has 2 heteroatoms. The topological polar surface area (TPSA) is 20.2 Å². The molecule has 1 nitrogen and oxygen atoms in total. The number of aliphatic hydroxyl groups is 1. The molecule has 0 saturated carbocycles. The minimum atomic E-state index is 0.366. The standard InChI is InChI=1S/C24H51P.CH4O/c1-4-7-10-13-16-19-22-25(23-20-17-14-11-8-5-2)24-21-18-15-12-9-6-3;1-2/h4-24H2,1-3H3;2H,1H3. The first-order valence-electron chi connectivity index (χ1n) is 12.5. The number of hydrogen-bond acceptors (Lipinski definition) is 1. The van der Waals surface area contributed by atoms with Gasteiger partial charge in [0.05, 0.1) is 0 Å². The molecule has 1 N–H and O–H groups in total. The highest BCUT2D eigenvalue weighted by molar-refractivity contribution is 7.57. The summed E-state index contributed by atoms with van der Waals surface area (Å²) in [6.45, 7) is 6.96. The van der Waals surface area contributed by atoms with Crippen molar-refractivity contribution < 1.29 is 5.11 Å². The van der Waals surface area contributed by atoms with Crippen LogP contribution >= 0.6 is 7.92 Å². The van der Waals surface area contributed by atoms with Gasteiger partial charge < -0.3 is 5.11 Å². The van der Waals surface area contributed by atoms with Gasteiger partial charge in [0.15, 0.2) is 0 Å². The molecule has 0 unspecified atom stereocenters. The van der Waals surface area contributed by atoms with Crippen LogP contribution in [0.5, 0.6) is 0 Å². The molecule has 27 heavy (non-hydrogen) atoms.